The third-order valence-electron chi connectivity index (χ3n) is 2.57. The third-order valence-corrected chi connectivity index (χ3v) is 2.57. The van der Waals surface area contributed by atoms with Crippen molar-refractivity contribution in [1.29, 1.82) is 5.26 Å². The van der Waals surface area contributed by atoms with Gasteiger partial charge in [0.15, 0.2) is 0 Å². The quantitative estimate of drug-likeness (QED) is 0.579. The Bertz CT molecular complexity index is 452. The highest BCUT2D eigenvalue weighted by Crippen LogP contribution is 2.24. The van der Waals surface area contributed by atoms with E-state index in [9.17, 15) is 10.1 Å². The Morgan fingerprint density at radius 1 is 1.53 bits per heavy atom. The van der Waals surface area contributed by atoms with Crippen molar-refractivity contribution in [3.05, 3.63) is 33.9 Å². The first-order chi connectivity index (χ1) is 8.10. The summed E-state index contributed by atoms with van der Waals surface area (Å²) >= 11 is 0. The van der Waals surface area contributed by atoms with Gasteiger partial charge in [0, 0.05) is 25.7 Å². The predicted octanol–water partition coefficient (Wildman–Crippen LogP) is 2.70. The number of nitrogens with zero attached hydrogens (tertiary/aromatic N) is 3. The molecule has 0 fully saturated rings. The highest BCUT2D eigenvalue weighted by molar-refractivity contribution is 5.62. The number of anilines is 1. The van der Waals surface area contributed by atoms with Crippen molar-refractivity contribution in [2.75, 3.05) is 18.5 Å². The minimum Gasteiger partial charge on any atom is -0.374 e. The van der Waals surface area contributed by atoms with Crippen LogP contribution in [0.5, 0.6) is 0 Å². The van der Waals surface area contributed by atoms with Crippen molar-refractivity contribution in [1.82, 2.24) is 0 Å². The Morgan fingerprint density at radius 3 is 2.76 bits per heavy atom. The third kappa shape index (κ3) is 3.18. The van der Waals surface area contributed by atoms with Crippen molar-refractivity contribution < 1.29 is 4.92 Å². The number of hydrogen-bond donors (Lipinski definition) is 0. The van der Waals surface area contributed by atoms with Crippen LogP contribution >= 0.6 is 0 Å². The minimum absolute atomic E-state index is 0.0470. The molecule has 0 unspecified atom stereocenters. The summed E-state index contributed by atoms with van der Waals surface area (Å²) in [6.45, 7) is 2.93. The monoisotopic (exact) mass is 233 g/mol. The molecule has 0 saturated carbocycles. The number of rotatable bonds is 5. The van der Waals surface area contributed by atoms with E-state index in [1.165, 1.54) is 12.1 Å². The van der Waals surface area contributed by atoms with Gasteiger partial charge in [-0.15, -0.1) is 0 Å². The maximum absolute atomic E-state index is 10.6. The molecule has 0 aliphatic carbocycles. The minimum atomic E-state index is -0.489. The highest BCUT2D eigenvalue weighted by atomic mass is 16.6. The van der Waals surface area contributed by atoms with Crippen molar-refractivity contribution in [3.63, 3.8) is 0 Å². The van der Waals surface area contributed by atoms with Crippen LogP contribution in [0.2, 0.25) is 0 Å². The lowest BCUT2D eigenvalue weighted by Gasteiger charge is -2.19. The second-order valence-electron chi connectivity index (χ2n) is 3.85. The van der Waals surface area contributed by atoms with E-state index in [4.69, 9.17) is 5.26 Å². The van der Waals surface area contributed by atoms with Gasteiger partial charge in [0.05, 0.1) is 16.2 Å². The van der Waals surface area contributed by atoms with E-state index in [1.807, 2.05) is 18.0 Å². The van der Waals surface area contributed by atoms with E-state index in [2.05, 4.69) is 6.92 Å². The number of nitro benzene ring substituents is 1. The zero-order chi connectivity index (χ0) is 12.8. The largest absolute Gasteiger partial charge is 0.374 e. The van der Waals surface area contributed by atoms with Gasteiger partial charge in [-0.25, -0.2) is 0 Å². The van der Waals surface area contributed by atoms with Crippen molar-refractivity contribution >= 4 is 11.4 Å². The van der Waals surface area contributed by atoms with E-state index in [0.717, 1.165) is 25.1 Å². The average molecular weight is 233 g/mol. The number of non-ortho nitro benzene ring substituents is 1. The van der Waals surface area contributed by atoms with Crippen molar-refractivity contribution in [3.8, 4) is 6.07 Å². The van der Waals surface area contributed by atoms with E-state index < -0.39 is 4.92 Å². The smallest absolute Gasteiger partial charge is 0.270 e. The molecule has 1 rings (SSSR count). The van der Waals surface area contributed by atoms with Crippen LogP contribution in [-0.4, -0.2) is 18.5 Å². The molecule has 0 atom stereocenters. The van der Waals surface area contributed by atoms with Crippen LogP contribution in [-0.2, 0) is 0 Å². The normalized spacial score (nSPS) is 9.71. The fourth-order valence-electron chi connectivity index (χ4n) is 1.58. The van der Waals surface area contributed by atoms with Crippen LogP contribution in [0.25, 0.3) is 0 Å². The first-order valence-electron chi connectivity index (χ1n) is 5.49. The van der Waals surface area contributed by atoms with Crippen LogP contribution < -0.4 is 4.90 Å². The molecule has 5 nitrogen and oxygen atoms in total. The molecule has 0 N–H and O–H groups in total. The topological polar surface area (TPSA) is 70.2 Å². The molecule has 90 valence electrons. The predicted molar refractivity (Wildman–Crippen MR) is 66.0 cm³/mol. The molecule has 17 heavy (non-hydrogen) atoms. The molecule has 0 aliphatic rings. The second kappa shape index (κ2) is 5.85. The van der Waals surface area contributed by atoms with Gasteiger partial charge in [0.25, 0.3) is 5.69 Å². The Labute approximate surface area is 100 Å². The molecule has 5 heteroatoms. The highest BCUT2D eigenvalue weighted by Gasteiger charge is 2.12. The van der Waals surface area contributed by atoms with Crippen LogP contribution in [0.1, 0.15) is 25.3 Å². The van der Waals surface area contributed by atoms with E-state index in [1.54, 1.807) is 6.07 Å². The molecule has 0 heterocycles. The van der Waals surface area contributed by atoms with Gasteiger partial charge in [0.1, 0.15) is 6.07 Å². The fraction of sp³-hybridized carbons (Fsp3) is 0.417. The molecule has 0 radical (unpaired) electrons. The summed E-state index contributed by atoms with van der Waals surface area (Å²) in [6, 6.07) is 6.38. The second-order valence-corrected chi connectivity index (χ2v) is 3.85. The molecule has 0 saturated heterocycles. The zero-order valence-corrected chi connectivity index (χ0v) is 10.0. The van der Waals surface area contributed by atoms with Gasteiger partial charge in [-0.2, -0.15) is 5.26 Å². The molecule has 1 aromatic rings. The molecule has 0 spiro atoms. The molecule has 1 aromatic carbocycles. The summed E-state index contributed by atoms with van der Waals surface area (Å²) < 4.78 is 0. The summed E-state index contributed by atoms with van der Waals surface area (Å²) in [5, 5.41) is 19.6. The summed E-state index contributed by atoms with van der Waals surface area (Å²) in [7, 11) is 1.89. The summed E-state index contributed by atoms with van der Waals surface area (Å²) in [5.41, 5.74) is 1.04. The Kier molecular flexibility index (Phi) is 4.46. The molecule has 0 bridgehead atoms. The summed E-state index contributed by atoms with van der Waals surface area (Å²) in [5.74, 6) is 0. The van der Waals surface area contributed by atoms with Crippen molar-refractivity contribution in [2.24, 2.45) is 0 Å². The van der Waals surface area contributed by atoms with Gasteiger partial charge in [-0.05, 0) is 12.5 Å². The average Bonchev–Trinajstić information content (AvgIpc) is 2.34. The lowest BCUT2D eigenvalue weighted by molar-refractivity contribution is -0.384. The van der Waals surface area contributed by atoms with Crippen LogP contribution in [0.3, 0.4) is 0 Å². The van der Waals surface area contributed by atoms with E-state index in [-0.39, 0.29) is 5.69 Å². The number of unbranched alkanes of at least 4 members (excludes halogenated alkanes) is 1. The summed E-state index contributed by atoms with van der Waals surface area (Å²) in [6.07, 6.45) is 2.09. The Morgan fingerprint density at radius 2 is 2.24 bits per heavy atom. The maximum atomic E-state index is 10.6. The maximum Gasteiger partial charge on any atom is 0.270 e. The summed E-state index contributed by atoms with van der Waals surface area (Å²) in [4.78, 5) is 12.1. The number of benzene rings is 1. The number of nitriles is 1. The van der Waals surface area contributed by atoms with E-state index >= 15 is 0 Å². The first kappa shape index (κ1) is 13.0. The van der Waals surface area contributed by atoms with Crippen LogP contribution in [0, 0.1) is 21.4 Å². The standard InChI is InChI=1S/C12H15N3O2/c1-3-4-7-14(2)12-6-5-11(15(16)17)8-10(12)9-13/h5-6,8H,3-4,7H2,1-2H3. The van der Waals surface area contributed by atoms with Gasteiger partial charge in [-0.1, -0.05) is 13.3 Å². The Hall–Kier alpha value is -2.09. The lowest BCUT2D eigenvalue weighted by atomic mass is 10.1. The SMILES string of the molecule is CCCCN(C)c1ccc([N+](=O)[O-])cc1C#N. The van der Waals surface area contributed by atoms with Gasteiger partial charge in [-0.3, -0.25) is 10.1 Å². The van der Waals surface area contributed by atoms with Crippen LogP contribution in [0.4, 0.5) is 11.4 Å². The molecule has 0 amide bonds. The molecule has 0 aliphatic heterocycles. The van der Waals surface area contributed by atoms with Gasteiger partial charge < -0.3 is 4.90 Å². The fourth-order valence-corrected chi connectivity index (χ4v) is 1.58. The van der Waals surface area contributed by atoms with Gasteiger partial charge in [0.2, 0.25) is 0 Å². The van der Waals surface area contributed by atoms with Crippen molar-refractivity contribution in [2.45, 2.75) is 19.8 Å². The first-order valence-corrected chi connectivity index (χ1v) is 5.49. The molecular formula is C12H15N3O2. The number of hydrogen-bond acceptors (Lipinski definition) is 4. The molecular weight excluding hydrogens is 218 g/mol. The van der Waals surface area contributed by atoms with Crippen LogP contribution in [0.15, 0.2) is 18.2 Å². The molecule has 0 aromatic heterocycles. The number of nitro groups is 1. The Balaban J connectivity index is 3.01. The van der Waals surface area contributed by atoms with Gasteiger partial charge >= 0.3 is 0 Å². The lowest BCUT2D eigenvalue weighted by Crippen LogP contribution is -2.19. The van der Waals surface area contributed by atoms with E-state index in [0.29, 0.717) is 5.56 Å². The zero-order valence-electron chi connectivity index (χ0n) is 10.0.